The lowest BCUT2D eigenvalue weighted by Crippen LogP contribution is -2.22. The molecule has 1 aromatic carbocycles. The van der Waals surface area contributed by atoms with Crippen molar-refractivity contribution in [2.24, 2.45) is 5.16 Å². The number of rotatable bonds is 3. The van der Waals surface area contributed by atoms with Crippen molar-refractivity contribution >= 4 is 11.7 Å². The Hall–Kier alpha value is -2.80. The molecule has 0 aliphatic heterocycles. The number of esters is 1. The molecule has 1 aromatic rings. The van der Waals surface area contributed by atoms with Crippen molar-refractivity contribution in [2.45, 2.75) is 26.7 Å². The first-order chi connectivity index (χ1) is 11.6. The molecular weight excluding hydrogens is 302 g/mol. The average molecular weight is 323 g/mol. The van der Waals surface area contributed by atoms with Gasteiger partial charge in [0.25, 0.3) is 0 Å². The second kappa shape index (κ2) is 8.16. The maximum absolute atomic E-state index is 12.1. The van der Waals surface area contributed by atoms with Gasteiger partial charge in [0, 0.05) is 23.1 Å². The highest BCUT2D eigenvalue weighted by molar-refractivity contribution is 6.43. The minimum atomic E-state index is -0.516. The molecule has 0 spiro atoms. The maximum Gasteiger partial charge on any atom is 0.360 e. The number of benzene rings is 1. The smallest absolute Gasteiger partial charge is 0.360 e. The number of methoxy groups -OCH3 is 1. The van der Waals surface area contributed by atoms with Crippen LogP contribution in [0.15, 0.2) is 57.8 Å². The van der Waals surface area contributed by atoms with Crippen molar-refractivity contribution in [3.8, 4) is 11.8 Å². The van der Waals surface area contributed by atoms with Gasteiger partial charge in [-0.05, 0) is 32.4 Å². The monoisotopic (exact) mass is 323 g/mol. The Morgan fingerprint density at radius 2 is 1.71 bits per heavy atom. The molecule has 2 rings (SSSR count). The maximum atomic E-state index is 12.1. The van der Waals surface area contributed by atoms with Crippen LogP contribution in [0.5, 0.6) is 0 Å². The van der Waals surface area contributed by atoms with Crippen molar-refractivity contribution in [1.29, 1.82) is 0 Å². The molecule has 1 aliphatic carbocycles. The summed E-state index contributed by atoms with van der Waals surface area (Å²) >= 11 is 0. The second-order valence-electron chi connectivity index (χ2n) is 5.60. The number of carbonyl (C=O) groups is 1. The van der Waals surface area contributed by atoms with Gasteiger partial charge < -0.3 is 9.57 Å². The fourth-order valence-corrected chi connectivity index (χ4v) is 2.46. The minimum absolute atomic E-state index is 0.184. The van der Waals surface area contributed by atoms with Gasteiger partial charge in [0.05, 0.1) is 7.11 Å². The van der Waals surface area contributed by atoms with Gasteiger partial charge in [-0.2, -0.15) is 0 Å². The number of hydrogen-bond acceptors (Lipinski definition) is 4. The Morgan fingerprint density at radius 1 is 1.04 bits per heavy atom. The number of hydrogen-bond donors (Lipinski definition) is 0. The first kappa shape index (κ1) is 17.6. The third kappa shape index (κ3) is 4.14. The molecule has 0 heterocycles. The summed E-state index contributed by atoms with van der Waals surface area (Å²) in [5.74, 6) is 5.85. The standard InChI is InChI=1S/C20H21NO3/c1-14-12-17(11-10-16-8-6-5-7-9-16)18(13-15(14)2)19(21-24-4)20(22)23-3/h5-9H,12-13H2,1-4H3. The van der Waals surface area contributed by atoms with E-state index in [-0.39, 0.29) is 5.71 Å². The fraction of sp³-hybridized carbons (Fsp3) is 0.300. The molecule has 1 aliphatic rings. The Kier molecular flexibility index (Phi) is 5.97. The van der Waals surface area contributed by atoms with E-state index in [9.17, 15) is 4.79 Å². The van der Waals surface area contributed by atoms with E-state index in [2.05, 4.69) is 30.8 Å². The molecule has 24 heavy (non-hydrogen) atoms. The first-order valence-electron chi connectivity index (χ1n) is 7.71. The molecule has 4 heteroatoms. The molecule has 0 unspecified atom stereocenters. The molecule has 0 saturated heterocycles. The van der Waals surface area contributed by atoms with Crippen LogP contribution in [0, 0.1) is 11.8 Å². The summed E-state index contributed by atoms with van der Waals surface area (Å²) in [5.41, 5.74) is 5.24. The Balaban J connectivity index is 2.49. The van der Waals surface area contributed by atoms with Crippen molar-refractivity contribution < 1.29 is 14.4 Å². The molecule has 0 bridgehead atoms. The Morgan fingerprint density at radius 3 is 2.33 bits per heavy atom. The number of nitrogens with zero attached hydrogens (tertiary/aromatic N) is 1. The molecule has 0 amide bonds. The van der Waals surface area contributed by atoms with Crippen LogP contribution in [-0.4, -0.2) is 25.9 Å². The van der Waals surface area contributed by atoms with Crippen molar-refractivity contribution in [3.63, 3.8) is 0 Å². The Bertz CT molecular complexity index is 774. The lowest BCUT2D eigenvalue weighted by atomic mass is 9.85. The van der Waals surface area contributed by atoms with Crippen LogP contribution in [0.2, 0.25) is 0 Å². The minimum Gasteiger partial charge on any atom is -0.464 e. The van der Waals surface area contributed by atoms with E-state index in [4.69, 9.17) is 9.57 Å². The van der Waals surface area contributed by atoms with Gasteiger partial charge in [-0.3, -0.25) is 0 Å². The summed E-state index contributed by atoms with van der Waals surface area (Å²) in [4.78, 5) is 16.9. The largest absolute Gasteiger partial charge is 0.464 e. The molecule has 0 saturated carbocycles. The van der Waals surface area contributed by atoms with E-state index in [1.165, 1.54) is 25.4 Å². The van der Waals surface area contributed by atoms with Crippen LogP contribution in [-0.2, 0) is 14.4 Å². The van der Waals surface area contributed by atoms with E-state index in [1.54, 1.807) is 0 Å². The zero-order valence-electron chi connectivity index (χ0n) is 14.5. The first-order valence-corrected chi connectivity index (χ1v) is 7.71. The fourth-order valence-electron chi connectivity index (χ4n) is 2.46. The molecule has 0 radical (unpaired) electrons. The van der Waals surface area contributed by atoms with Crippen molar-refractivity contribution in [2.75, 3.05) is 14.2 Å². The van der Waals surface area contributed by atoms with E-state index >= 15 is 0 Å². The molecule has 0 fully saturated rings. The average Bonchev–Trinajstić information content (AvgIpc) is 2.60. The molecular formula is C20H21NO3. The highest BCUT2D eigenvalue weighted by Gasteiger charge is 2.25. The topological polar surface area (TPSA) is 47.9 Å². The molecule has 124 valence electrons. The lowest BCUT2D eigenvalue weighted by Gasteiger charge is -2.20. The van der Waals surface area contributed by atoms with Gasteiger partial charge in [-0.15, -0.1) is 0 Å². The van der Waals surface area contributed by atoms with Gasteiger partial charge in [0.1, 0.15) is 7.11 Å². The Labute approximate surface area is 142 Å². The summed E-state index contributed by atoms with van der Waals surface area (Å²) in [6.45, 7) is 4.14. The second-order valence-corrected chi connectivity index (χ2v) is 5.60. The SMILES string of the molecule is CON=C(C(=O)OC)C1=C(C#Cc2ccccc2)CC(C)=C(C)C1. The third-order valence-electron chi connectivity index (χ3n) is 3.96. The summed E-state index contributed by atoms with van der Waals surface area (Å²) in [6.07, 6.45) is 1.31. The van der Waals surface area contributed by atoms with Gasteiger partial charge in [-0.25, -0.2) is 4.79 Å². The van der Waals surface area contributed by atoms with E-state index in [0.717, 1.165) is 16.7 Å². The summed E-state index contributed by atoms with van der Waals surface area (Å²) < 4.78 is 4.84. The number of allylic oxidation sites excluding steroid dienone is 3. The van der Waals surface area contributed by atoms with Gasteiger partial charge >= 0.3 is 5.97 Å². The molecule has 4 nitrogen and oxygen atoms in total. The molecule has 0 N–H and O–H groups in total. The molecule has 0 atom stereocenters. The number of oxime groups is 1. The highest BCUT2D eigenvalue weighted by atomic mass is 16.6. The van der Waals surface area contributed by atoms with Crippen LogP contribution < -0.4 is 0 Å². The quantitative estimate of drug-likeness (QED) is 0.280. The zero-order chi connectivity index (χ0) is 17.5. The van der Waals surface area contributed by atoms with E-state index in [1.807, 2.05) is 30.3 Å². The van der Waals surface area contributed by atoms with Crippen LogP contribution >= 0.6 is 0 Å². The van der Waals surface area contributed by atoms with Crippen LogP contribution in [0.3, 0.4) is 0 Å². The third-order valence-corrected chi connectivity index (χ3v) is 3.96. The number of ether oxygens (including phenoxy) is 1. The predicted octanol–water partition coefficient (Wildman–Crippen LogP) is 3.64. The van der Waals surface area contributed by atoms with Gasteiger partial charge in [0.15, 0.2) is 5.71 Å². The lowest BCUT2D eigenvalue weighted by molar-refractivity contribution is -0.132. The number of carbonyl (C=O) groups excluding carboxylic acids is 1. The zero-order valence-corrected chi connectivity index (χ0v) is 14.5. The van der Waals surface area contributed by atoms with Crippen LogP contribution in [0.1, 0.15) is 32.3 Å². The molecule has 0 aromatic heterocycles. The highest BCUT2D eigenvalue weighted by Crippen LogP contribution is 2.30. The summed E-state index contributed by atoms with van der Waals surface area (Å²) in [5, 5.41) is 3.88. The van der Waals surface area contributed by atoms with Crippen LogP contribution in [0.4, 0.5) is 0 Å². The van der Waals surface area contributed by atoms with E-state index in [0.29, 0.717) is 12.8 Å². The summed E-state index contributed by atoms with van der Waals surface area (Å²) in [6, 6.07) is 9.75. The predicted molar refractivity (Wildman–Crippen MR) is 94.4 cm³/mol. The van der Waals surface area contributed by atoms with Gasteiger partial charge in [0.2, 0.25) is 0 Å². The normalized spacial score (nSPS) is 14.9. The van der Waals surface area contributed by atoms with Crippen molar-refractivity contribution in [3.05, 3.63) is 58.2 Å². The van der Waals surface area contributed by atoms with Crippen LogP contribution in [0.25, 0.3) is 0 Å². The van der Waals surface area contributed by atoms with Gasteiger partial charge in [-0.1, -0.05) is 46.3 Å². The van der Waals surface area contributed by atoms with Crippen molar-refractivity contribution in [1.82, 2.24) is 0 Å². The summed E-state index contributed by atoms with van der Waals surface area (Å²) in [7, 11) is 2.75. The van der Waals surface area contributed by atoms with E-state index < -0.39 is 5.97 Å².